The zero-order valence-corrected chi connectivity index (χ0v) is 8.77. The van der Waals surface area contributed by atoms with Crippen LogP contribution in [0.25, 0.3) is 0 Å². The highest BCUT2D eigenvalue weighted by atomic mass is 19.4. The van der Waals surface area contributed by atoms with E-state index in [1.54, 1.807) is 0 Å². The maximum absolute atomic E-state index is 12.1. The molecule has 0 aromatic heterocycles. The van der Waals surface area contributed by atoms with Crippen LogP contribution in [-0.4, -0.2) is 30.2 Å². The summed E-state index contributed by atoms with van der Waals surface area (Å²) in [6.45, 7) is 0. The zero-order valence-electron chi connectivity index (χ0n) is 8.77. The first-order valence-electron chi connectivity index (χ1n) is 4.90. The fourth-order valence-corrected chi connectivity index (χ4v) is 1.58. The summed E-state index contributed by atoms with van der Waals surface area (Å²) in [7, 11) is 0. The first kappa shape index (κ1) is 14.8. The quantitative estimate of drug-likeness (QED) is 0.442. The van der Waals surface area contributed by atoms with Gasteiger partial charge in [-0.25, -0.2) is 0 Å². The molecular formula is C9H8F6O3. The van der Waals surface area contributed by atoms with Crippen molar-refractivity contribution in [3.05, 3.63) is 0 Å². The minimum atomic E-state index is -5.75. The molecule has 0 aromatic rings. The van der Waals surface area contributed by atoms with Crippen molar-refractivity contribution in [1.29, 1.82) is 0 Å². The van der Waals surface area contributed by atoms with E-state index in [9.17, 15) is 35.9 Å². The van der Waals surface area contributed by atoms with E-state index >= 15 is 0 Å². The Morgan fingerprint density at radius 1 is 1.17 bits per heavy atom. The van der Waals surface area contributed by atoms with Crippen molar-refractivity contribution in [3.8, 4) is 0 Å². The van der Waals surface area contributed by atoms with E-state index in [0.29, 0.717) is 0 Å². The molecule has 0 saturated heterocycles. The third kappa shape index (κ3) is 3.36. The number of hydrogen-bond donors (Lipinski definition) is 0. The van der Waals surface area contributed by atoms with Crippen molar-refractivity contribution in [2.45, 2.75) is 37.7 Å². The maximum Gasteiger partial charge on any atom is 0.434 e. The number of carbonyl (C=O) groups is 2. The summed E-state index contributed by atoms with van der Waals surface area (Å²) in [5.74, 6) is -3.97. The van der Waals surface area contributed by atoms with Gasteiger partial charge < -0.3 is 4.74 Å². The van der Waals surface area contributed by atoms with Crippen LogP contribution in [-0.2, 0) is 14.3 Å². The largest absolute Gasteiger partial charge is 0.442 e. The van der Waals surface area contributed by atoms with Gasteiger partial charge in [0.05, 0.1) is 0 Å². The van der Waals surface area contributed by atoms with E-state index < -0.39 is 36.1 Å². The van der Waals surface area contributed by atoms with Gasteiger partial charge in [-0.1, -0.05) is 0 Å². The Morgan fingerprint density at radius 2 is 1.67 bits per heavy atom. The Kier molecular flexibility index (Phi) is 3.92. The molecule has 0 bridgehead atoms. The van der Waals surface area contributed by atoms with Gasteiger partial charge in [-0.2, -0.15) is 26.3 Å². The number of halogens is 6. The van der Waals surface area contributed by atoms with E-state index in [0.717, 1.165) is 0 Å². The number of alkyl halides is 6. The molecule has 1 unspecified atom stereocenters. The second-order valence-corrected chi connectivity index (χ2v) is 3.81. The molecule has 0 amide bonds. The third-order valence-electron chi connectivity index (χ3n) is 2.42. The van der Waals surface area contributed by atoms with Crippen molar-refractivity contribution in [3.63, 3.8) is 0 Å². The molecule has 9 heteroatoms. The van der Waals surface area contributed by atoms with Crippen molar-refractivity contribution < 1.29 is 40.7 Å². The fraction of sp³-hybridized carbons (Fsp3) is 0.778. The number of ketones is 1. The molecule has 0 radical (unpaired) electrons. The van der Waals surface area contributed by atoms with E-state index in [1.807, 2.05) is 0 Å². The number of carbonyl (C=O) groups excluding carboxylic acids is 2. The van der Waals surface area contributed by atoms with E-state index in [1.165, 1.54) is 0 Å². The molecule has 1 fully saturated rings. The van der Waals surface area contributed by atoms with Gasteiger partial charge in [-0.3, -0.25) is 9.59 Å². The molecule has 1 saturated carbocycles. The molecule has 0 aliphatic heterocycles. The predicted octanol–water partition coefficient (Wildman–Crippen LogP) is 2.39. The molecule has 104 valence electrons. The zero-order chi connectivity index (χ0) is 14.1. The average Bonchev–Trinajstić information content (AvgIpc) is 2.56. The van der Waals surface area contributed by atoms with Gasteiger partial charge in [0.2, 0.25) is 0 Å². The minimum Gasteiger partial charge on any atom is -0.442 e. The summed E-state index contributed by atoms with van der Waals surface area (Å²) >= 11 is 0. The SMILES string of the molecule is O=C1CCCC1C(=O)OC(C(F)(F)F)C(F)(F)F. The van der Waals surface area contributed by atoms with Gasteiger partial charge in [0.15, 0.2) is 0 Å². The summed E-state index contributed by atoms with van der Waals surface area (Å²) < 4.78 is 75.9. The van der Waals surface area contributed by atoms with Gasteiger partial charge >= 0.3 is 18.3 Å². The first-order chi connectivity index (χ1) is 8.03. The van der Waals surface area contributed by atoms with Gasteiger partial charge in [0.25, 0.3) is 6.10 Å². The molecule has 0 aromatic carbocycles. The summed E-state index contributed by atoms with van der Waals surface area (Å²) in [4.78, 5) is 22.1. The lowest BCUT2D eigenvalue weighted by Gasteiger charge is -2.23. The minimum absolute atomic E-state index is 0.0392. The van der Waals surface area contributed by atoms with Crippen molar-refractivity contribution in [1.82, 2.24) is 0 Å². The highest BCUT2D eigenvalue weighted by Crippen LogP contribution is 2.37. The number of esters is 1. The number of rotatable bonds is 2. The van der Waals surface area contributed by atoms with Crippen LogP contribution in [0, 0.1) is 5.92 Å². The lowest BCUT2D eigenvalue weighted by Crippen LogP contribution is -2.46. The van der Waals surface area contributed by atoms with Crippen LogP contribution >= 0.6 is 0 Å². The number of ether oxygens (including phenoxy) is 1. The highest BCUT2D eigenvalue weighted by molar-refractivity contribution is 6.00. The number of hydrogen-bond acceptors (Lipinski definition) is 3. The normalized spacial score (nSPS) is 21.5. The van der Waals surface area contributed by atoms with Gasteiger partial charge in [0, 0.05) is 6.42 Å². The standard InChI is InChI=1S/C9H8F6O3/c10-8(11,12)7(9(13,14)15)18-6(17)4-2-1-3-5(4)16/h4,7H,1-3H2. The number of Topliss-reactive ketones (excluding diaryl/α,β-unsaturated/α-hetero) is 1. The summed E-state index contributed by atoms with van der Waals surface area (Å²) in [5.41, 5.74) is 0. The predicted molar refractivity (Wildman–Crippen MR) is 44.3 cm³/mol. The Bertz CT molecular complexity index is 331. The Balaban J connectivity index is 2.79. The van der Waals surface area contributed by atoms with Crippen molar-refractivity contribution in [2.24, 2.45) is 5.92 Å². The first-order valence-corrected chi connectivity index (χ1v) is 4.90. The van der Waals surface area contributed by atoms with Crippen LogP contribution in [0.2, 0.25) is 0 Å². The van der Waals surface area contributed by atoms with Crippen molar-refractivity contribution in [2.75, 3.05) is 0 Å². The monoisotopic (exact) mass is 278 g/mol. The van der Waals surface area contributed by atoms with Crippen LogP contribution in [0.4, 0.5) is 26.3 Å². The third-order valence-corrected chi connectivity index (χ3v) is 2.42. The molecule has 0 heterocycles. The second-order valence-electron chi connectivity index (χ2n) is 3.81. The second kappa shape index (κ2) is 4.77. The summed E-state index contributed by atoms with van der Waals surface area (Å²) in [6, 6.07) is 0. The molecule has 1 aliphatic rings. The van der Waals surface area contributed by atoms with Crippen LogP contribution < -0.4 is 0 Å². The molecule has 3 nitrogen and oxygen atoms in total. The molecular weight excluding hydrogens is 270 g/mol. The Morgan fingerprint density at radius 3 is 2.00 bits per heavy atom. The highest BCUT2D eigenvalue weighted by Gasteiger charge is 2.60. The van der Waals surface area contributed by atoms with Crippen LogP contribution in [0.5, 0.6) is 0 Å². The Hall–Kier alpha value is -1.28. The van der Waals surface area contributed by atoms with E-state index in [2.05, 4.69) is 4.74 Å². The Labute approximate surface area is 97.1 Å². The van der Waals surface area contributed by atoms with E-state index in [4.69, 9.17) is 0 Å². The summed E-state index contributed by atoms with van der Waals surface area (Å²) in [6.07, 6.45) is -15.6. The lowest BCUT2D eigenvalue weighted by atomic mass is 10.1. The van der Waals surface area contributed by atoms with Gasteiger partial charge in [-0.15, -0.1) is 0 Å². The maximum atomic E-state index is 12.1. The molecule has 1 aliphatic carbocycles. The van der Waals surface area contributed by atoms with Crippen molar-refractivity contribution >= 4 is 11.8 Å². The topological polar surface area (TPSA) is 43.4 Å². The molecule has 1 rings (SSSR count). The van der Waals surface area contributed by atoms with Gasteiger partial charge in [-0.05, 0) is 12.8 Å². The van der Waals surface area contributed by atoms with Gasteiger partial charge in [0.1, 0.15) is 11.7 Å². The summed E-state index contributed by atoms with van der Waals surface area (Å²) in [5, 5.41) is 0. The lowest BCUT2D eigenvalue weighted by molar-refractivity contribution is -0.314. The average molecular weight is 278 g/mol. The van der Waals surface area contributed by atoms with Crippen LogP contribution in [0.15, 0.2) is 0 Å². The molecule has 1 atom stereocenters. The smallest absolute Gasteiger partial charge is 0.434 e. The van der Waals surface area contributed by atoms with Crippen LogP contribution in [0.1, 0.15) is 19.3 Å². The fourth-order valence-electron chi connectivity index (χ4n) is 1.58. The van der Waals surface area contributed by atoms with Crippen LogP contribution in [0.3, 0.4) is 0 Å². The van der Waals surface area contributed by atoms with E-state index in [-0.39, 0.29) is 19.3 Å². The molecule has 18 heavy (non-hydrogen) atoms. The molecule has 0 N–H and O–H groups in total. The molecule has 0 spiro atoms.